The Bertz CT molecular complexity index is 2190. The average molecular weight is 781 g/mol. The van der Waals surface area contributed by atoms with Gasteiger partial charge >= 0.3 is 12.2 Å². The fourth-order valence-electron chi connectivity index (χ4n) is 8.24. The lowest BCUT2D eigenvalue weighted by atomic mass is 9.99. The van der Waals surface area contributed by atoms with Gasteiger partial charge in [-0.1, -0.05) is 44.2 Å². The molecular weight excluding hydrogens is 729 g/mol. The van der Waals surface area contributed by atoms with Gasteiger partial charge in [0.05, 0.1) is 49.1 Å². The van der Waals surface area contributed by atoms with Gasteiger partial charge in [0, 0.05) is 26.4 Å². The van der Waals surface area contributed by atoms with E-state index in [0.717, 1.165) is 69.9 Å². The van der Waals surface area contributed by atoms with Gasteiger partial charge < -0.3 is 50.3 Å². The summed E-state index contributed by atoms with van der Waals surface area (Å²) in [7, 11) is 4.06. The summed E-state index contributed by atoms with van der Waals surface area (Å²) < 4.78 is 15.0. The van der Waals surface area contributed by atoms with Gasteiger partial charge in [-0.15, -0.1) is 0 Å². The quantitative estimate of drug-likeness (QED) is 0.139. The number of fused-ring (bicyclic) bond motifs is 2. The van der Waals surface area contributed by atoms with E-state index in [1.165, 1.54) is 21.3 Å². The molecule has 15 heteroatoms. The lowest BCUT2D eigenvalue weighted by Gasteiger charge is -2.34. The summed E-state index contributed by atoms with van der Waals surface area (Å²) in [6.07, 6.45) is 3.23. The molecule has 1 aromatic heterocycles. The molecule has 3 aromatic carbocycles. The van der Waals surface area contributed by atoms with E-state index < -0.39 is 30.4 Å². The molecule has 0 radical (unpaired) electrons. The van der Waals surface area contributed by atoms with Crippen molar-refractivity contribution < 1.29 is 33.4 Å². The Morgan fingerprint density at radius 3 is 2.09 bits per heavy atom. The molecule has 3 aliphatic rings. The maximum absolute atomic E-state index is 13.7. The molecule has 302 valence electrons. The fraction of sp³-hybridized carbons (Fsp3) is 0.452. The standard InChI is InChI=1S/C42H52N8O7/c1-23(2)35(47-41(53)56-5)39(51)49-17-7-9-33(49)37-43-22-32(46-37)29-14-13-25-19-26(11-12-27(25)20-29)28-15-16-30-31(21-28)45-38(44-30)34-10-8-18-50(34)40(52)36(24(3)55-4)48-42(54)57-6/h11-16,19-24,33-37,43,46H,7-10,17-18H2,1-6H3,(H,44,45)(H,47,53)(H,48,54)/t24-,33+,34+,35?,36+,37?/m1/s1. The molecule has 0 aliphatic carbocycles. The van der Waals surface area contributed by atoms with Gasteiger partial charge in [0.1, 0.15) is 24.1 Å². The first-order chi connectivity index (χ1) is 27.5. The smallest absolute Gasteiger partial charge is 0.407 e. The second-order valence-electron chi connectivity index (χ2n) is 15.3. The zero-order valence-electron chi connectivity index (χ0n) is 33.3. The number of alkyl carbamates (subject to hydrolysis) is 2. The first-order valence-electron chi connectivity index (χ1n) is 19.6. The van der Waals surface area contributed by atoms with Crippen molar-refractivity contribution in [1.82, 2.24) is 41.0 Å². The number of hydrogen-bond acceptors (Lipinski definition) is 10. The van der Waals surface area contributed by atoms with Crippen molar-refractivity contribution in [3.8, 4) is 11.1 Å². The van der Waals surface area contributed by atoms with E-state index in [9.17, 15) is 19.2 Å². The highest BCUT2D eigenvalue weighted by Gasteiger charge is 2.41. The van der Waals surface area contributed by atoms with Crippen LogP contribution in [0, 0.1) is 5.92 Å². The summed E-state index contributed by atoms with van der Waals surface area (Å²) in [5, 5.41) is 14.6. The number of nitrogens with zero attached hydrogens (tertiary/aromatic N) is 3. The minimum atomic E-state index is -0.898. The zero-order valence-corrected chi connectivity index (χ0v) is 33.3. The van der Waals surface area contributed by atoms with E-state index in [-0.39, 0.29) is 36.0 Å². The van der Waals surface area contributed by atoms with Crippen molar-refractivity contribution in [2.45, 2.75) is 82.9 Å². The van der Waals surface area contributed by atoms with E-state index >= 15 is 0 Å². The molecular formula is C42H52N8O7. The number of carbonyl (C=O) groups excluding carboxylic acids is 4. The van der Waals surface area contributed by atoms with Crippen LogP contribution in [0.2, 0.25) is 0 Å². The molecule has 0 spiro atoms. The van der Waals surface area contributed by atoms with Gasteiger partial charge in [-0.05, 0) is 90.3 Å². The number of rotatable bonds is 11. The number of imidazole rings is 1. The predicted octanol–water partition coefficient (Wildman–Crippen LogP) is 5.00. The Balaban J connectivity index is 1.04. The molecule has 2 fully saturated rings. The Kier molecular flexibility index (Phi) is 11.6. The van der Waals surface area contributed by atoms with Crippen LogP contribution in [0.4, 0.5) is 9.59 Å². The highest BCUT2D eigenvalue weighted by Crippen LogP contribution is 2.34. The number of hydrogen-bond donors (Lipinski definition) is 5. The second kappa shape index (κ2) is 16.7. The molecule has 0 saturated carbocycles. The lowest BCUT2D eigenvalue weighted by molar-refractivity contribution is -0.137. The number of ether oxygens (including phenoxy) is 3. The third-order valence-corrected chi connectivity index (χ3v) is 11.5. The molecule has 4 heterocycles. The maximum atomic E-state index is 13.7. The number of carbonyl (C=O) groups is 4. The van der Waals surface area contributed by atoms with E-state index in [1.54, 1.807) is 11.8 Å². The predicted molar refractivity (Wildman–Crippen MR) is 215 cm³/mol. The Labute approximate surface area is 331 Å². The van der Waals surface area contributed by atoms with Crippen LogP contribution in [0.25, 0.3) is 38.6 Å². The van der Waals surface area contributed by atoms with Crippen LogP contribution in [0.15, 0.2) is 60.8 Å². The van der Waals surface area contributed by atoms with Crippen LogP contribution in [0.3, 0.4) is 0 Å². The molecule has 4 amide bonds. The number of aromatic amines is 1. The first-order valence-corrected chi connectivity index (χ1v) is 19.6. The summed E-state index contributed by atoms with van der Waals surface area (Å²) >= 11 is 0. The third-order valence-electron chi connectivity index (χ3n) is 11.5. The number of likely N-dealkylation sites (tertiary alicyclic amines) is 2. The zero-order chi connectivity index (χ0) is 40.4. The lowest BCUT2D eigenvalue weighted by Crippen LogP contribution is -2.57. The minimum Gasteiger partial charge on any atom is -0.453 e. The van der Waals surface area contributed by atoms with Crippen LogP contribution >= 0.6 is 0 Å². The summed E-state index contributed by atoms with van der Waals surface area (Å²) in [5.41, 5.74) is 5.75. The first kappa shape index (κ1) is 39.4. The second-order valence-corrected chi connectivity index (χ2v) is 15.3. The summed E-state index contributed by atoms with van der Waals surface area (Å²) in [5.74, 6) is 0.266. The molecule has 7 rings (SSSR count). The molecule has 57 heavy (non-hydrogen) atoms. The summed E-state index contributed by atoms with van der Waals surface area (Å²) in [6.45, 7) is 6.74. The number of benzene rings is 3. The molecule has 15 nitrogen and oxygen atoms in total. The number of aromatic nitrogens is 2. The largest absolute Gasteiger partial charge is 0.453 e. The van der Waals surface area contributed by atoms with Gasteiger partial charge in [0.2, 0.25) is 11.8 Å². The van der Waals surface area contributed by atoms with Crippen molar-refractivity contribution >= 4 is 51.5 Å². The van der Waals surface area contributed by atoms with Crippen LogP contribution < -0.4 is 21.3 Å². The number of nitrogens with one attached hydrogen (secondary N) is 5. The third kappa shape index (κ3) is 8.06. The molecule has 6 atom stereocenters. The van der Waals surface area contributed by atoms with Crippen molar-refractivity contribution in [2.75, 3.05) is 34.4 Å². The van der Waals surface area contributed by atoms with Gasteiger partial charge in [0.15, 0.2) is 0 Å². The van der Waals surface area contributed by atoms with Gasteiger partial charge in [-0.2, -0.15) is 0 Å². The average Bonchev–Trinajstić information content (AvgIpc) is 4.06. The van der Waals surface area contributed by atoms with Crippen LogP contribution in [0.1, 0.15) is 63.9 Å². The Hall–Kier alpha value is -5.83. The van der Waals surface area contributed by atoms with E-state index in [1.807, 2.05) is 31.0 Å². The Morgan fingerprint density at radius 1 is 0.772 bits per heavy atom. The minimum absolute atomic E-state index is 0.0785. The van der Waals surface area contributed by atoms with Crippen LogP contribution in [0.5, 0.6) is 0 Å². The molecule has 3 aliphatic heterocycles. The molecule has 2 saturated heterocycles. The van der Waals surface area contributed by atoms with Crippen molar-refractivity contribution in [2.24, 2.45) is 5.92 Å². The summed E-state index contributed by atoms with van der Waals surface area (Å²) in [4.78, 5) is 63.4. The van der Waals surface area contributed by atoms with Crippen molar-refractivity contribution in [3.63, 3.8) is 0 Å². The van der Waals surface area contributed by atoms with Crippen molar-refractivity contribution in [3.05, 3.63) is 72.2 Å². The summed E-state index contributed by atoms with van der Waals surface area (Å²) in [6, 6.07) is 17.0. The SMILES string of the molecule is COC(=O)NC(C(=O)N1CCC[C@H]1C1NC=C(c2ccc3cc(-c4ccc5nc([C@@H]6CCCN6C(=O)[C@@H](NC(=O)OC)[C@@H](C)OC)[nH]c5c4)ccc3c2)N1)C(C)C. The van der Waals surface area contributed by atoms with E-state index in [0.29, 0.717) is 18.9 Å². The fourth-order valence-corrected chi connectivity index (χ4v) is 8.24. The topological polar surface area (TPSA) is 179 Å². The van der Waals surface area contributed by atoms with Crippen LogP contribution in [-0.4, -0.2) is 109 Å². The number of amides is 4. The maximum Gasteiger partial charge on any atom is 0.407 e. The normalized spacial score (nSPS) is 20.8. The van der Waals surface area contributed by atoms with E-state index in [4.69, 9.17) is 19.2 Å². The van der Waals surface area contributed by atoms with Gasteiger partial charge in [-0.25, -0.2) is 14.6 Å². The monoisotopic (exact) mass is 780 g/mol. The number of H-pyrrole nitrogens is 1. The highest BCUT2D eigenvalue weighted by atomic mass is 16.5. The molecule has 2 unspecified atom stereocenters. The molecule has 0 bridgehead atoms. The molecule has 5 N–H and O–H groups in total. The van der Waals surface area contributed by atoms with Gasteiger partial charge in [-0.3, -0.25) is 9.59 Å². The Morgan fingerprint density at radius 2 is 1.39 bits per heavy atom. The van der Waals surface area contributed by atoms with Crippen molar-refractivity contribution in [1.29, 1.82) is 0 Å². The van der Waals surface area contributed by atoms with Crippen LogP contribution in [-0.2, 0) is 23.8 Å². The van der Waals surface area contributed by atoms with Gasteiger partial charge in [0.25, 0.3) is 0 Å². The van der Waals surface area contributed by atoms with E-state index in [2.05, 4.69) is 74.8 Å². The highest BCUT2D eigenvalue weighted by molar-refractivity contribution is 5.92. The molecule has 4 aromatic rings. The number of methoxy groups -OCH3 is 3.